The van der Waals surface area contributed by atoms with Gasteiger partial charge >= 0.3 is 0 Å². The second-order valence-electron chi connectivity index (χ2n) is 2.58. The van der Waals surface area contributed by atoms with Crippen molar-refractivity contribution in [1.29, 1.82) is 0 Å². The minimum atomic E-state index is -0.155. The van der Waals surface area contributed by atoms with E-state index in [0.717, 1.165) is 5.82 Å². The molecule has 5 nitrogen and oxygen atoms in total. The highest BCUT2D eigenvalue weighted by Gasteiger charge is 2.10. The third-order valence-electron chi connectivity index (χ3n) is 1.82. The van der Waals surface area contributed by atoms with Crippen LogP contribution < -0.4 is 5.73 Å². The minimum Gasteiger partial charge on any atom is -0.409 e. The highest BCUT2D eigenvalue weighted by Crippen LogP contribution is 2.07. The average molecular weight is 168 g/mol. The maximum Gasteiger partial charge on any atom is 0.162 e. The molecule has 0 saturated carbocycles. The van der Waals surface area contributed by atoms with Gasteiger partial charge in [-0.1, -0.05) is 5.16 Å². The summed E-state index contributed by atoms with van der Waals surface area (Å²) in [6, 6.07) is -0.155. The van der Waals surface area contributed by atoms with Crippen molar-refractivity contribution < 1.29 is 5.21 Å². The fourth-order valence-electron chi connectivity index (χ4n) is 1.02. The molecule has 0 aliphatic carbocycles. The van der Waals surface area contributed by atoms with Crippen molar-refractivity contribution in [3.05, 3.63) is 18.2 Å². The van der Waals surface area contributed by atoms with Crippen LogP contribution in [0.3, 0.4) is 0 Å². The van der Waals surface area contributed by atoms with Gasteiger partial charge in [-0.05, 0) is 13.8 Å². The monoisotopic (exact) mass is 168 g/mol. The van der Waals surface area contributed by atoms with E-state index < -0.39 is 0 Å². The topological polar surface area (TPSA) is 76.4 Å². The van der Waals surface area contributed by atoms with Crippen LogP contribution in [0.25, 0.3) is 0 Å². The van der Waals surface area contributed by atoms with Crippen LogP contribution in [0.2, 0.25) is 0 Å². The fourth-order valence-corrected chi connectivity index (χ4v) is 1.02. The standard InChI is InChI=1S/C7H12N4O/c1-5(7(8)10-12)11-4-3-9-6(11)2/h3-5,12H,1-2H3,(H2,8,10). The number of nitrogens with zero attached hydrogens (tertiary/aromatic N) is 3. The lowest BCUT2D eigenvalue weighted by molar-refractivity contribution is 0.314. The molecule has 0 spiro atoms. The van der Waals surface area contributed by atoms with Crippen LogP contribution in [0.15, 0.2) is 17.5 Å². The van der Waals surface area contributed by atoms with Gasteiger partial charge in [-0.15, -0.1) is 0 Å². The Morgan fingerprint density at radius 1 is 1.83 bits per heavy atom. The van der Waals surface area contributed by atoms with Gasteiger partial charge in [0.05, 0.1) is 6.04 Å². The maximum atomic E-state index is 8.42. The molecule has 1 rings (SSSR count). The second kappa shape index (κ2) is 3.25. The number of oxime groups is 1. The largest absolute Gasteiger partial charge is 0.409 e. The number of aryl methyl sites for hydroxylation is 1. The van der Waals surface area contributed by atoms with E-state index in [1.54, 1.807) is 12.4 Å². The molecule has 1 unspecified atom stereocenters. The van der Waals surface area contributed by atoms with Crippen molar-refractivity contribution in [2.75, 3.05) is 0 Å². The minimum absolute atomic E-state index is 0.155. The molecule has 1 aromatic rings. The van der Waals surface area contributed by atoms with Gasteiger partial charge in [0.2, 0.25) is 0 Å². The Balaban J connectivity index is 2.92. The van der Waals surface area contributed by atoms with Crippen LogP contribution in [0.5, 0.6) is 0 Å². The first-order valence-corrected chi connectivity index (χ1v) is 3.63. The summed E-state index contributed by atoms with van der Waals surface area (Å²) in [6.45, 7) is 3.70. The lowest BCUT2D eigenvalue weighted by Crippen LogP contribution is -2.24. The predicted molar refractivity (Wildman–Crippen MR) is 45.1 cm³/mol. The summed E-state index contributed by atoms with van der Waals surface area (Å²) in [4.78, 5) is 4.03. The summed E-state index contributed by atoms with van der Waals surface area (Å²) in [6.07, 6.45) is 3.47. The molecule has 1 heterocycles. The molecule has 0 radical (unpaired) electrons. The van der Waals surface area contributed by atoms with Crippen LogP contribution in [0.4, 0.5) is 0 Å². The molecule has 5 heteroatoms. The zero-order chi connectivity index (χ0) is 9.14. The maximum absolute atomic E-state index is 8.42. The molecule has 12 heavy (non-hydrogen) atoms. The normalized spacial score (nSPS) is 14.7. The molecular formula is C7H12N4O. The molecular weight excluding hydrogens is 156 g/mol. The molecule has 0 aliphatic heterocycles. The third kappa shape index (κ3) is 1.39. The molecule has 1 atom stereocenters. The first-order chi connectivity index (χ1) is 5.66. The Kier molecular flexibility index (Phi) is 2.32. The molecule has 66 valence electrons. The van der Waals surface area contributed by atoms with E-state index in [1.165, 1.54) is 0 Å². The summed E-state index contributed by atoms with van der Waals surface area (Å²) >= 11 is 0. The van der Waals surface area contributed by atoms with Crippen molar-refractivity contribution >= 4 is 5.84 Å². The van der Waals surface area contributed by atoms with Crippen molar-refractivity contribution in [2.45, 2.75) is 19.9 Å². The highest BCUT2D eigenvalue weighted by atomic mass is 16.4. The Morgan fingerprint density at radius 2 is 2.50 bits per heavy atom. The number of aromatic nitrogens is 2. The van der Waals surface area contributed by atoms with Crippen molar-refractivity contribution in [1.82, 2.24) is 9.55 Å². The number of imidazole rings is 1. The van der Waals surface area contributed by atoms with Crippen LogP contribution in [-0.4, -0.2) is 20.6 Å². The van der Waals surface area contributed by atoms with Gasteiger partial charge in [-0.2, -0.15) is 0 Å². The molecule has 0 amide bonds. The van der Waals surface area contributed by atoms with E-state index in [0.29, 0.717) is 0 Å². The van der Waals surface area contributed by atoms with E-state index in [1.807, 2.05) is 18.4 Å². The molecule has 0 aliphatic rings. The first-order valence-electron chi connectivity index (χ1n) is 3.63. The van der Waals surface area contributed by atoms with E-state index in [9.17, 15) is 0 Å². The Hall–Kier alpha value is -1.52. The van der Waals surface area contributed by atoms with E-state index in [4.69, 9.17) is 10.9 Å². The number of rotatable bonds is 2. The summed E-state index contributed by atoms with van der Waals surface area (Å²) in [5, 5.41) is 11.4. The van der Waals surface area contributed by atoms with Gasteiger partial charge in [0, 0.05) is 12.4 Å². The van der Waals surface area contributed by atoms with Crippen LogP contribution in [0, 0.1) is 6.92 Å². The predicted octanol–water partition coefficient (Wildman–Crippen LogP) is 0.499. The number of amidine groups is 1. The number of nitrogens with two attached hydrogens (primary N) is 1. The lowest BCUT2D eigenvalue weighted by atomic mass is 10.3. The van der Waals surface area contributed by atoms with Crippen LogP contribution >= 0.6 is 0 Å². The Morgan fingerprint density at radius 3 is 2.92 bits per heavy atom. The third-order valence-corrected chi connectivity index (χ3v) is 1.82. The average Bonchev–Trinajstić information content (AvgIpc) is 2.48. The highest BCUT2D eigenvalue weighted by molar-refractivity contribution is 5.83. The lowest BCUT2D eigenvalue weighted by Gasteiger charge is -2.12. The molecule has 0 bridgehead atoms. The van der Waals surface area contributed by atoms with Gasteiger partial charge in [0.1, 0.15) is 5.82 Å². The molecule has 0 aromatic carbocycles. The summed E-state index contributed by atoms with van der Waals surface area (Å²) in [5.74, 6) is 1.02. The van der Waals surface area contributed by atoms with Crippen LogP contribution in [-0.2, 0) is 0 Å². The molecule has 0 fully saturated rings. The van der Waals surface area contributed by atoms with Gasteiger partial charge in [-0.25, -0.2) is 4.98 Å². The second-order valence-corrected chi connectivity index (χ2v) is 2.58. The smallest absolute Gasteiger partial charge is 0.162 e. The van der Waals surface area contributed by atoms with Crippen molar-refractivity contribution in [3.63, 3.8) is 0 Å². The van der Waals surface area contributed by atoms with Crippen molar-refractivity contribution in [2.24, 2.45) is 10.9 Å². The zero-order valence-electron chi connectivity index (χ0n) is 7.10. The Bertz CT molecular complexity index is 291. The fraction of sp³-hybridized carbons (Fsp3) is 0.429. The van der Waals surface area contributed by atoms with Gasteiger partial charge in [0.25, 0.3) is 0 Å². The first kappa shape index (κ1) is 8.58. The SMILES string of the molecule is Cc1nccn1C(C)/C(N)=N/O. The summed E-state index contributed by atoms with van der Waals surface area (Å²) in [7, 11) is 0. The zero-order valence-corrected chi connectivity index (χ0v) is 7.10. The van der Waals surface area contributed by atoms with Crippen molar-refractivity contribution in [3.8, 4) is 0 Å². The van der Waals surface area contributed by atoms with Gasteiger partial charge in [-0.3, -0.25) is 0 Å². The van der Waals surface area contributed by atoms with E-state index >= 15 is 0 Å². The Labute approximate surface area is 70.5 Å². The van der Waals surface area contributed by atoms with Gasteiger partial charge in [0.15, 0.2) is 5.84 Å². The van der Waals surface area contributed by atoms with Crippen LogP contribution in [0.1, 0.15) is 18.8 Å². The summed E-state index contributed by atoms with van der Waals surface area (Å²) in [5.41, 5.74) is 5.43. The molecule has 0 saturated heterocycles. The van der Waals surface area contributed by atoms with Gasteiger partial charge < -0.3 is 15.5 Å². The molecule has 3 N–H and O–H groups in total. The van der Waals surface area contributed by atoms with E-state index in [2.05, 4.69) is 10.1 Å². The number of hydrogen-bond donors (Lipinski definition) is 2. The quantitative estimate of drug-likeness (QED) is 0.292. The molecule has 1 aromatic heterocycles. The number of hydrogen-bond acceptors (Lipinski definition) is 3. The summed E-state index contributed by atoms with van der Waals surface area (Å²) < 4.78 is 1.83. The van der Waals surface area contributed by atoms with E-state index in [-0.39, 0.29) is 11.9 Å².